The van der Waals surface area contributed by atoms with E-state index < -0.39 is 0 Å². The lowest BCUT2D eigenvalue weighted by Gasteiger charge is -2.14. The number of rotatable bonds is 9. The van der Waals surface area contributed by atoms with Crippen molar-refractivity contribution in [3.63, 3.8) is 0 Å². The number of nitrogens with zero attached hydrogens (tertiary/aromatic N) is 6. The van der Waals surface area contributed by atoms with Gasteiger partial charge in [-0.25, -0.2) is 19.6 Å². The Hall–Kier alpha value is -2.60. The fraction of sp³-hybridized carbons (Fsp3) is 0.524. The third kappa shape index (κ3) is 5.16. The van der Waals surface area contributed by atoms with Gasteiger partial charge in [0.1, 0.15) is 5.82 Å². The normalized spacial score (nSPS) is 15.2. The maximum atomic E-state index is 12.6. The molecule has 3 aromatic rings. The van der Waals surface area contributed by atoms with Crippen molar-refractivity contribution in [3.8, 4) is 0 Å². The first-order chi connectivity index (χ1) is 15.9. The number of fused-ring (bicyclic) bond motifs is 2. The predicted molar refractivity (Wildman–Crippen MR) is 131 cm³/mol. The van der Waals surface area contributed by atoms with Crippen LogP contribution in [0.2, 0.25) is 0 Å². The van der Waals surface area contributed by atoms with Crippen LogP contribution in [0.1, 0.15) is 38.8 Å². The Balaban J connectivity index is 1.41. The van der Waals surface area contributed by atoms with E-state index in [4.69, 9.17) is 0 Å². The number of hydrogen-bond donors (Lipinski definition) is 2. The topological polar surface area (TPSA) is 120 Å². The number of thioether (sulfide) groups is 2. The van der Waals surface area contributed by atoms with Gasteiger partial charge in [0.2, 0.25) is 5.91 Å². The maximum Gasteiger partial charge on any atom is 0.257 e. The van der Waals surface area contributed by atoms with Gasteiger partial charge < -0.3 is 10.6 Å². The first-order valence-electron chi connectivity index (χ1n) is 11.0. The van der Waals surface area contributed by atoms with Gasteiger partial charge in [0, 0.05) is 36.5 Å². The van der Waals surface area contributed by atoms with Gasteiger partial charge in [-0.05, 0) is 26.5 Å². The number of aromatic nitrogens is 6. The third-order valence-corrected chi connectivity index (χ3v) is 6.98. The number of anilines is 1. The summed E-state index contributed by atoms with van der Waals surface area (Å²) in [5.74, 6) is 2.21. The largest absolute Gasteiger partial charge is 0.367 e. The molecule has 0 bridgehead atoms. The van der Waals surface area contributed by atoms with Crippen molar-refractivity contribution >= 4 is 46.3 Å². The summed E-state index contributed by atoms with van der Waals surface area (Å²) in [7, 11) is 0. The SMILES string of the molecule is CCSc1nc(NC(C)C)c2cnn(CCNC(=O)CC3CSc4ncc(C)c(=O)n43)c2n1. The Bertz CT molecular complexity index is 1220. The molecule has 176 valence electrons. The Morgan fingerprint density at radius 1 is 1.33 bits per heavy atom. The van der Waals surface area contributed by atoms with Crippen LogP contribution in [-0.2, 0) is 11.3 Å². The molecule has 0 aromatic carbocycles. The van der Waals surface area contributed by atoms with Crippen molar-refractivity contribution in [3.05, 3.63) is 28.3 Å². The first-order valence-corrected chi connectivity index (χ1v) is 12.9. The molecule has 33 heavy (non-hydrogen) atoms. The van der Waals surface area contributed by atoms with E-state index in [1.807, 2.05) is 0 Å². The average Bonchev–Trinajstić information content (AvgIpc) is 3.35. The molecule has 0 aliphatic carbocycles. The molecule has 1 atom stereocenters. The molecule has 4 rings (SSSR count). The summed E-state index contributed by atoms with van der Waals surface area (Å²) < 4.78 is 3.44. The summed E-state index contributed by atoms with van der Waals surface area (Å²) in [6.07, 6.45) is 3.59. The fourth-order valence-corrected chi connectivity index (χ4v) is 5.31. The molecule has 10 nitrogen and oxygen atoms in total. The molecule has 0 fully saturated rings. The zero-order valence-electron chi connectivity index (χ0n) is 19.2. The molecule has 1 aliphatic rings. The van der Waals surface area contributed by atoms with E-state index >= 15 is 0 Å². The van der Waals surface area contributed by atoms with Crippen LogP contribution < -0.4 is 16.2 Å². The fourth-order valence-electron chi connectivity index (χ4n) is 3.63. The van der Waals surface area contributed by atoms with E-state index in [0.29, 0.717) is 34.7 Å². The molecule has 1 unspecified atom stereocenters. The molecule has 0 saturated heterocycles. The highest BCUT2D eigenvalue weighted by atomic mass is 32.2. The van der Waals surface area contributed by atoms with Gasteiger partial charge in [0.15, 0.2) is 16.0 Å². The molecular formula is C21H28N8O2S2. The number of carbonyl (C=O) groups is 1. The Morgan fingerprint density at radius 2 is 2.15 bits per heavy atom. The second kappa shape index (κ2) is 10.1. The monoisotopic (exact) mass is 488 g/mol. The molecule has 0 spiro atoms. The standard InChI is InChI=1S/C21H28N8O2S2/c1-5-32-20-26-17(25-12(2)3)15-10-24-28(18(15)27-20)7-6-22-16(30)8-14-11-33-21-23-9-13(4)19(31)29(14)21/h9-10,12,14H,5-8,11H2,1-4H3,(H,22,30)(H,25,26,27). The summed E-state index contributed by atoms with van der Waals surface area (Å²) in [5.41, 5.74) is 1.26. The molecule has 3 aromatic heterocycles. The van der Waals surface area contributed by atoms with Gasteiger partial charge in [-0.15, -0.1) is 0 Å². The smallest absolute Gasteiger partial charge is 0.257 e. The maximum absolute atomic E-state index is 12.6. The van der Waals surface area contributed by atoms with E-state index in [-0.39, 0.29) is 30.0 Å². The van der Waals surface area contributed by atoms with Gasteiger partial charge in [-0.3, -0.25) is 14.2 Å². The number of aryl methyl sites for hydroxylation is 1. The van der Waals surface area contributed by atoms with Crippen LogP contribution in [0.4, 0.5) is 5.82 Å². The number of amides is 1. The average molecular weight is 489 g/mol. The Labute approximate surface area is 200 Å². The van der Waals surface area contributed by atoms with Crippen molar-refractivity contribution in [2.75, 3.05) is 23.4 Å². The molecule has 1 amide bonds. The van der Waals surface area contributed by atoms with E-state index in [9.17, 15) is 9.59 Å². The van der Waals surface area contributed by atoms with Crippen molar-refractivity contribution in [1.29, 1.82) is 0 Å². The van der Waals surface area contributed by atoms with Crippen LogP contribution >= 0.6 is 23.5 Å². The van der Waals surface area contributed by atoms with E-state index in [0.717, 1.165) is 22.6 Å². The van der Waals surface area contributed by atoms with Crippen molar-refractivity contribution in [2.45, 2.75) is 63.1 Å². The number of carbonyl (C=O) groups excluding carboxylic acids is 1. The lowest BCUT2D eigenvalue weighted by Crippen LogP contribution is -2.32. The summed E-state index contributed by atoms with van der Waals surface area (Å²) in [4.78, 5) is 38.7. The van der Waals surface area contributed by atoms with Gasteiger partial charge in [-0.2, -0.15) is 5.10 Å². The molecule has 0 saturated carbocycles. The number of hydrogen-bond acceptors (Lipinski definition) is 9. The highest BCUT2D eigenvalue weighted by Crippen LogP contribution is 2.31. The lowest BCUT2D eigenvalue weighted by molar-refractivity contribution is -0.121. The Kier molecular flexibility index (Phi) is 7.23. The quantitative estimate of drug-likeness (QED) is 0.346. The van der Waals surface area contributed by atoms with E-state index in [1.54, 1.807) is 40.3 Å². The Morgan fingerprint density at radius 3 is 2.91 bits per heavy atom. The summed E-state index contributed by atoms with van der Waals surface area (Å²) in [5, 5.41) is 13.0. The van der Waals surface area contributed by atoms with Gasteiger partial charge in [0.05, 0.1) is 24.2 Å². The van der Waals surface area contributed by atoms with Crippen LogP contribution in [0.25, 0.3) is 11.0 Å². The summed E-state index contributed by atoms with van der Waals surface area (Å²) in [6, 6.07) is 0.0528. The number of nitrogens with one attached hydrogen (secondary N) is 2. The van der Waals surface area contributed by atoms with Crippen LogP contribution in [-0.4, -0.2) is 59.3 Å². The van der Waals surface area contributed by atoms with Crippen molar-refractivity contribution in [2.24, 2.45) is 0 Å². The van der Waals surface area contributed by atoms with Crippen LogP contribution in [0.3, 0.4) is 0 Å². The lowest BCUT2D eigenvalue weighted by atomic mass is 10.2. The zero-order chi connectivity index (χ0) is 23.5. The predicted octanol–water partition coefficient (Wildman–Crippen LogP) is 2.48. The van der Waals surface area contributed by atoms with E-state index in [1.165, 1.54) is 11.8 Å². The molecule has 1 aliphatic heterocycles. The summed E-state index contributed by atoms with van der Waals surface area (Å²) in [6.45, 7) is 8.83. The van der Waals surface area contributed by atoms with Gasteiger partial charge in [-0.1, -0.05) is 30.4 Å². The van der Waals surface area contributed by atoms with Gasteiger partial charge >= 0.3 is 0 Å². The minimum Gasteiger partial charge on any atom is -0.367 e. The third-order valence-electron chi connectivity index (χ3n) is 5.14. The minimum absolute atomic E-state index is 0.0722. The second-order valence-corrected chi connectivity index (χ2v) is 10.3. The van der Waals surface area contributed by atoms with Crippen LogP contribution in [0, 0.1) is 6.92 Å². The molecule has 12 heteroatoms. The molecule has 2 N–H and O–H groups in total. The van der Waals surface area contributed by atoms with Gasteiger partial charge in [0.25, 0.3) is 5.56 Å². The highest BCUT2D eigenvalue weighted by Gasteiger charge is 2.27. The van der Waals surface area contributed by atoms with Crippen molar-refractivity contribution in [1.82, 2.24) is 34.6 Å². The van der Waals surface area contributed by atoms with Crippen LogP contribution in [0.5, 0.6) is 0 Å². The minimum atomic E-state index is -0.179. The van der Waals surface area contributed by atoms with Crippen LogP contribution in [0.15, 0.2) is 27.5 Å². The molecule has 4 heterocycles. The second-order valence-electron chi connectivity index (χ2n) is 8.11. The molecule has 0 radical (unpaired) electrons. The molecular weight excluding hydrogens is 460 g/mol. The zero-order valence-corrected chi connectivity index (χ0v) is 20.8. The highest BCUT2D eigenvalue weighted by molar-refractivity contribution is 7.99. The van der Waals surface area contributed by atoms with E-state index in [2.05, 4.69) is 51.5 Å². The summed E-state index contributed by atoms with van der Waals surface area (Å²) >= 11 is 3.09. The van der Waals surface area contributed by atoms with Crippen molar-refractivity contribution < 1.29 is 4.79 Å². The first kappa shape index (κ1) is 23.6.